The molecule has 0 aliphatic carbocycles. The molecule has 2 N–H and O–H groups in total. The number of fused-ring (bicyclic) bond motifs is 1. The average molecular weight is 356 g/mol. The van der Waals surface area contributed by atoms with Crippen molar-refractivity contribution >= 4 is 27.8 Å². The molecule has 1 aromatic carbocycles. The molecular weight excluding hydrogens is 340 g/mol. The second-order valence-corrected chi connectivity index (χ2v) is 6.95. The van der Waals surface area contributed by atoms with Crippen molar-refractivity contribution in [2.75, 3.05) is 20.3 Å². The zero-order chi connectivity index (χ0) is 18.1. The molecule has 0 bridgehead atoms. The average Bonchev–Trinajstić information content (AvgIpc) is 2.71. The minimum Gasteiger partial charge on any atom is -0.480 e. The van der Waals surface area contributed by atoms with Crippen LogP contribution in [0.15, 0.2) is 23.1 Å². The zero-order valence-corrected chi connectivity index (χ0v) is 13.8. The van der Waals surface area contributed by atoms with E-state index in [2.05, 4.69) is 5.32 Å². The van der Waals surface area contributed by atoms with E-state index < -0.39 is 33.8 Å². The van der Waals surface area contributed by atoms with Gasteiger partial charge in [-0.2, -0.15) is 0 Å². The molecule has 0 fully saturated rings. The Morgan fingerprint density at radius 1 is 1.38 bits per heavy atom. The molecule has 0 unspecified atom stereocenters. The van der Waals surface area contributed by atoms with Crippen LogP contribution in [0.5, 0.6) is 0 Å². The molecule has 0 spiro atoms. The van der Waals surface area contributed by atoms with Crippen LogP contribution in [0.4, 0.5) is 0 Å². The molecule has 0 radical (unpaired) electrons. The van der Waals surface area contributed by atoms with E-state index in [1.54, 1.807) is 0 Å². The summed E-state index contributed by atoms with van der Waals surface area (Å²) in [6.45, 7) is 1.19. The maximum Gasteiger partial charge on any atom is 0.325 e. The second-order valence-electron chi connectivity index (χ2n) is 5.12. The largest absolute Gasteiger partial charge is 0.480 e. The van der Waals surface area contributed by atoms with Crippen LogP contribution in [-0.2, 0) is 19.6 Å². The Balaban J connectivity index is 2.35. The summed E-state index contributed by atoms with van der Waals surface area (Å²) >= 11 is 0. The van der Waals surface area contributed by atoms with E-state index in [0.29, 0.717) is 4.31 Å². The number of carboxylic acid groups (broad SMARTS) is 1. The quantitative estimate of drug-likeness (QED) is 0.714. The molecule has 0 saturated carbocycles. The van der Waals surface area contributed by atoms with Gasteiger partial charge < -0.3 is 15.2 Å². The highest BCUT2D eigenvalue weighted by molar-refractivity contribution is 7.90. The third-order valence-corrected chi connectivity index (χ3v) is 5.31. The number of rotatable bonds is 6. The molecule has 2 rings (SSSR count). The fraction of sp³-hybridized carbons (Fsp3) is 0.357. The van der Waals surface area contributed by atoms with Crippen LogP contribution in [0.3, 0.4) is 0 Å². The Bertz CT molecular complexity index is 803. The molecule has 1 aliphatic rings. The van der Waals surface area contributed by atoms with Gasteiger partial charge in [0.15, 0.2) is 0 Å². The minimum atomic E-state index is -4.06. The van der Waals surface area contributed by atoms with Crippen molar-refractivity contribution in [3.05, 3.63) is 29.3 Å². The lowest BCUT2D eigenvalue weighted by Crippen LogP contribution is -2.38. The van der Waals surface area contributed by atoms with E-state index in [-0.39, 0.29) is 29.2 Å². The van der Waals surface area contributed by atoms with Gasteiger partial charge in [0.2, 0.25) is 0 Å². The van der Waals surface area contributed by atoms with Gasteiger partial charge in [0.25, 0.3) is 21.8 Å². The van der Waals surface area contributed by atoms with Crippen molar-refractivity contribution in [2.45, 2.75) is 17.9 Å². The molecule has 9 nitrogen and oxygen atoms in total. The SMILES string of the molecule is COCCN1C(=O)c2ccc(C(=O)N[C@@H](C)C(=O)O)cc2S1(=O)=O. The monoisotopic (exact) mass is 356 g/mol. The number of sulfonamides is 1. The molecule has 10 heteroatoms. The predicted molar refractivity (Wildman–Crippen MR) is 81.1 cm³/mol. The lowest BCUT2D eigenvalue weighted by molar-refractivity contribution is -0.138. The number of nitrogens with zero attached hydrogens (tertiary/aromatic N) is 1. The van der Waals surface area contributed by atoms with Gasteiger partial charge in [-0.1, -0.05) is 0 Å². The van der Waals surface area contributed by atoms with Crippen molar-refractivity contribution in [2.24, 2.45) is 0 Å². The highest BCUT2D eigenvalue weighted by Crippen LogP contribution is 2.30. The summed E-state index contributed by atoms with van der Waals surface area (Å²) in [5, 5.41) is 11.0. The number of carboxylic acids is 1. The highest BCUT2D eigenvalue weighted by Gasteiger charge is 2.41. The first-order valence-corrected chi connectivity index (χ1v) is 8.38. The van der Waals surface area contributed by atoms with Crippen molar-refractivity contribution in [1.29, 1.82) is 0 Å². The maximum atomic E-state index is 12.4. The van der Waals surface area contributed by atoms with Gasteiger partial charge in [-0.05, 0) is 25.1 Å². The van der Waals surface area contributed by atoms with Crippen LogP contribution in [0, 0.1) is 0 Å². The molecule has 0 saturated heterocycles. The van der Waals surface area contributed by atoms with Crippen molar-refractivity contribution in [1.82, 2.24) is 9.62 Å². The van der Waals surface area contributed by atoms with E-state index in [9.17, 15) is 22.8 Å². The fourth-order valence-electron chi connectivity index (χ4n) is 2.15. The normalized spacial score (nSPS) is 16.6. The van der Waals surface area contributed by atoms with Crippen LogP contribution in [0.1, 0.15) is 27.6 Å². The highest BCUT2D eigenvalue weighted by atomic mass is 32.2. The Kier molecular flexibility index (Phi) is 4.90. The maximum absolute atomic E-state index is 12.4. The number of carbonyl (C=O) groups is 3. The number of methoxy groups -OCH3 is 1. The Hall–Kier alpha value is -2.46. The van der Waals surface area contributed by atoms with Gasteiger partial charge in [0, 0.05) is 12.7 Å². The second kappa shape index (κ2) is 6.57. The van der Waals surface area contributed by atoms with Gasteiger partial charge in [-0.3, -0.25) is 14.4 Å². The van der Waals surface area contributed by atoms with Crippen LogP contribution >= 0.6 is 0 Å². The van der Waals surface area contributed by atoms with Gasteiger partial charge >= 0.3 is 5.97 Å². The van der Waals surface area contributed by atoms with Crippen LogP contribution in [-0.4, -0.2) is 61.9 Å². The number of hydrogen-bond donors (Lipinski definition) is 2. The van der Waals surface area contributed by atoms with Gasteiger partial charge in [-0.25, -0.2) is 12.7 Å². The molecule has 2 amide bonds. The summed E-state index contributed by atoms with van der Waals surface area (Å²) in [4.78, 5) is 34.7. The molecular formula is C14H16N2O7S. The van der Waals surface area contributed by atoms with Gasteiger partial charge in [0.05, 0.1) is 18.7 Å². The summed E-state index contributed by atoms with van der Waals surface area (Å²) in [5.74, 6) is -2.66. The van der Waals surface area contributed by atoms with Crippen molar-refractivity contribution in [3.8, 4) is 0 Å². The molecule has 0 aromatic heterocycles. The van der Waals surface area contributed by atoms with E-state index in [1.807, 2.05) is 0 Å². The summed E-state index contributed by atoms with van der Waals surface area (Å²) in [6.07, 6.45) is 0. The molecule has 24 heavy (non-hydrogen) atoms. The fourth-order valence-corrected chi connectivity index (χ4v) is 3.73. The van der Waals surface area contributed by atoms with Gasteiger partial charge in [-0.15, -0.1) is 0 Å². The smallest absolute Gasteiger partial charge is 0.325 e. The number of amides is 2. The molecule has 1 aromatic rings. The first-order valence-electron chi connectivity index (χ1n) is 6.94. The predicted octanol–water partition coefficient (Wildman–Crippen LogP) is -0.320. The number of nitrogens with one attached hydrogen (secondary N) is 1. The Morgan fingerprint density at radius 2 is 2.04 bits per heavy atom. The van der Waals surface area contributed by atoms with E-state index in [4.69, 9.17) is 9.84 Å². The van der Waals surface area contributed by atoms with Crippen molar-refractivity contribution in [3.63, 3.8) is 0 Å². The first-order chi connectivity index (χ1) is 11.2. The number of hydrogen-bond acceptors (Lipinski definition) is 6. The zero-order valence-electron chi connectivity index (χ0n) is 13.0. The number of benzene rings is 1. The van der Waals surface area contributed by atoms with E-state index in [0.717, 1.165) is 6.07 Å². The van der Waals surface area contributed by atoms with Crippen LogP contribution < -0.4 is 5.32 Å². The number of carbonyl (C=O) groups excluding carboxylic acids is 2. The number of ether oxygens (including phenoxy) is 1. The number of aliphatic carboxylic acids is 1. The summed E-state index contributed by atoms with van der Waals surface area (Å²) in [6, 6.07) is 2.44. The molecule has 1 heterocycles. The van der Waals surface area contributed by atoms with E-state index in [1.165, 1.54) is 26.2 Å². The third kappa shape index (κ3) is 3.10. The third-order valence-electron chi connectivity index (χ3n) is 3.49. The standard InChI is InChI=1S/C14H16N2O7S/c1-8(14(19)20)15-12(17)9-3-4-10-11(7-9)24(21,22)16(13(10)18)5-6-23-2/h3-4,7-8H,5-6H2,1-2H3,(H,15,17)(H,19,20)/t8-/m0/s1. The van der Waals surface area contributed by atoms with Crippen molar-refractivity contribution < 1.29 is 32.6 Å². The van der Waals surface area contributed by atoms with Crippen LogP contribution in [0.25, 0.3) is 0 Å². The first kappa shape index (κ1) is 17.9. The van der Waals surface area contributed by atoms with Crippen LogP contribution in [0.2, 0.25) is 0 Å². The molecule has 1 atom stereocenters. The summed E-state index contributed by atoms with van der Waals surface area (Å²) < 4.78 is 30.3. The van der Waals surface area contributed by atoms with E-state index >= 15 is 0 Å². The Morgan fingerprint density at radius 3 is 2.62 bits per heavy atom. The summed E-state index contributed by atoms with van der Waals surface area (Å²) in [7, 11) is -2.68. The van der Waals surface area contributed by atoms with Gasteiger partial charge in [0.1, 0.15) is 10.9 Å². The molecule has 130 valence electrons. The Labute approximate surface area is 138 Å². The lowest BCUT2D eigenvalue weighted by atomic mass is 10.1. The summed E-state index contributed by atoms with van der Waals surface area (Å²) in [5.41, 5.74) is -0.0826. The molecule has 1 aliphatic heterocycles. The lowest BCUT2D eigenvalue weighted by Gasteiger charge is -2.13. The topological polar surface area (TPSA) is 130 Å². The minimum absolute atomic E-state index is 0.0334.